The fraction of sp³-hybridized carbons (Fsp3) is 0.152. The molecule has 7 rings (SSSR count). The standard InChI is InChI=1S/C33H26BrN5O3/c1-41-24-11-7-21(8-12-24)6-10-23-19-27(26-18-22(34)9-13-28(26)37-23)33(40)39-16-14-38(15-17-39)32-31-30(35-20-36-32)25-4-2-3-5-29(25)42-31/h2-13,18-20H,14-17H2,1H3/b10-6+. The molecule has 0 unspecified atom stereocenters. The molecule has 9 heteroatoms. The van der Waals surface area contributed by atoms with E-state index in [0.29, 0.717) is 37.3 Å². The second kappa shape index (κ2) is 10.9. The van der Waals surface area contributed by atoms with Gasteiger partial charge in [-0.2, -0.15) is 0 Å². The summed E-state index contributed by atoms with van der Waals surface area (Å²) in [6.45, 7) is 2.37. The van der Waals surface area contributed by atoms with Gasteiger partial charge in [0.2, 0.25) is 0 Å². The van der Waals surface area contributed by atoms with Crippen molar-refractivity contribution in [2.45, 2.75) is 0 Å². The summed E-state index contributed by atoms with van der Waals surface area (Å²) < 4.78 is 12.3. The molecule has 1 fully saturated rings. The SMILES string of the molecule is COc1ccc(/C=C/c2cc(C(=O)N3CCN(c4ncnc5c4oc4ccccc45)CC3)c3cc(Br)ccc3n2)cc1. The first-order valence-corrected chi connectivity index (χ1v) is 14.5. The molecule has 0 N–H and O–H groups in total. The number of amides is 1. The van der Waals surface area contributed by atoms with E-state index in [1.165, 1.54) is 0 Å². The molecule has 1 amide bonds. The Kier molecular flexibility index (Phi) is 6.79. The number of rotatable bonds is 5. The topological polar surface area (TPSA) is 84.6 Å². The average molecular weight is 621 g/mol. The van der Waals surface area contributed by atoms with Crippen LogP contribution in [0.3, 0.4) is 0 Å². The molecule has 1 aliphatic heterocycles. The second-order valence-electron chi connectivity index (χ2n) is 10.1. The van der Waals surface area contributed by atoms with Gasteiger partial charge in [-0.15, -0.1) is 0 Å². The highest BCUT2D eigenvalue weighted by Gasteiger charge is 2.27. The lowest BCUT2D eigenvalue weighted by Crippen LogP contribution is -2.49. The number of pyridine rings is 1. The Labute approximate surface area is 250 Å². The van der Waals surface area contributed by atoms with Crippen LogP contribution in [0.4, 0.5) is 5.82 Å². The van der Waals surface area contributed by atoms with Crippen LogP contribution in [0, 0.1) is 0 Å². The zero-order valence-corrected chi connectivity index (χ0v) is 24.4. The number of anilines is 1. The summed E-state index contributed by atoms with van der Waals surface area (Å²) in [5, 5.41) is 1.79. The van der Waals surface area contributed by atoms with E-state index in [2.05, 4.69) is 30.8 Å². The molecule has 1 saturated heterocycles. The molecule has 0 atom stereocenters. The molecular weight excluding hydrogens is 594 g/mol. The molecular formula is C33H26BrN5O3. The minimum atomic E-state index is -0.0178. The summed E-state index contributed by atoms with van der Waals surface area (Å²) in [4.78, 5) is 31.9. The zero-order chi connectivity index (χ0) is 28.6. The van der Waals surface area contributed by atoms with Crippen molar-refractivity contribution in [3.8, 4) is 5.75 Å². The largest absolute Gasteiger partial charge is 0.497 e. The molecule has 0 aliphatic carbocycles. The zero-order valence-electron chi connectivity index (χ0n) is 22.8. The minimum Gasteiger partial charge on any atom is -0.497 e. The van der Waals surface area contributed by atoms with Crippen molar-refractivity contribution in [2.75, 3.05) is 38.2 Å². The summed E-state index contributed by atoms with van der Waals surface area (Å²) in [6.07, 6.45) is 5.50. The van der Waals surface area contributed by atoms with Crippen LogP contribution in [-0.2, 0) is 0 Å². The fourth-order valence-electron chi connectivity index (χ4n) is 5.41. The van der Waals surface area contributed by atoms with E-state index in [1.807, 2.05) is 89.8 Å². The highest BCUT2D eigenvalue weighted by molar-refractivity contribution is 9.10. The van der Waals surface area contributed by atoms with Crippen molar-refractivity contribution < 1.29 is 13.9 Å². The Bertz CT molecular complexity index is 1980. The summed E-state index contributed by atoms with van der Waals surface area (Å²) in [7, 11) is 1.65. The van der Waals surface area contributed by atoms with Crippen LogP contribution in [0.25, 0.3) is 45.1 Å². The number of carbonyl (C=O) groups is 1. The van der Waals surface area contributed by atoms with E-state index < -0.39 is 0 Å². The number of carbonyl (C=O) groups excluding carboxylic acids is 1. The van der Waals surface area contributed by atoms with Crippen LogP contribution in [0.5, 0.6) is 5.75 Å². The van der Waals surface area contributed by atoms with Crippen molar-refractivity contribution in [1.82, 2.24) is 19.9 Å². The lowest BCUT2D eigenvalue weighted by atomic mass is 10.0. The van der Waals surface area contributed by atoms with Crippen molar-refractivity contribution in [3.63, 3.8) is 0 Å². The van der Waals surface area contributed by atoms with Crippen molar-refractivity contribution in [2.24, 2.45) is 0 Å². The third-order valence-corrected chi connectivity index (χ3v) is 8.08. The molecule has 0 bridgehead atoms. The van der Waals surface area contributed by atoms with Gasteiger partial charge in [0.1, 0.15) is 23.2 Å². The van der Waals surface area contributed by atoms with Gasteiger partial charge < -0.3 is 19.0 Å². The number of halogens is 1. The van der Waals surface area contributed by atoms with Gasteiger partial charge in [0.05, 0.1) is 23.9 Å². The number of nitrogens with zero attached hydrogens (tertiary/aromatic N) is 5. The molecule has 6 aromatic rings. The van der Waals surface area contributed by atoms with Gasteiger partial charge in [-0.1, -0.05) is 46.3 Å². The molecule has 0 radical (unpaired) electrons. The van der Waals surface area contributed by atoms with E-state index in [0.717, 1.165) is 54.7 Å². The predicted octanol–water partition coefficient (Wildman–Crippen LogP) is 6.83. The summed E-state index contributed by atoms with van der Waals surface area (Å²) >= 11 is 3.56. The number of ether oxygens (including phenoxy) is 1. The van der Waals surface area contributed by atoms with E-state index >= 15 is 0 Å². The van der Waals surface area contributed by atoms with Gasteiger partial charge in [0.15, 0.2) is 11.4 Å². The Morgan fingerprint density at radius 2 is 1.74 bits per heavy atom. The maximum absolute atomic E-state index is 14.0. The van der Waals surface area contributed by atoms with Crippen LogP contribution in [0.15, 0.2) is 88.0 Å². The van der Waals surface area contributed by atoms with E-state index in [-0.39, 0.29) is 5.91 Å². The molecule has 42 heavy (non-hydrogen) atoms. The van der Waals surface area contributed by atoms with Crippen molar-refractivity contribution in [1.29, 1.82) is 0 Å². The number of benzene rings is 3. The Balaban J connectivity index is 1.15. The van der Waals surface area contributed by atoms with Crippen molar-refractivity contribution in [3.05, 3.63) is 100 Å². The number of aromatic nitrogens is 3. The van der Waals surface area contributed by atoms with Gasteiger partial charge in [-0.05, 0) is 60.2 Å². The Hall–Kier alpha value is -4.76. The van der Waals surface area contributed by atoms with E-state index in [1.54, 1.807) is 13.4 Å². The normalized spacial score (nSPS) is 14.0. The molecule has 1 aliphatic rings. The lowest BCUT2D eigenvalue weighted by Gasteiger charge is -2.35. The number of piperazine rings is 1. The lowest BCUT2D eigenvalue weighted by molar-refractivity contribution is 0.0748. The number of furan rings is 1. The van der Waals surface area contributed by atoms with Gasteiger partial charge in [-0.3, -0.25) is 4.79 Å². The quantitative estimate of drug-likeness (QED) is 0.209. The van der Waals surface area contributed by atoms with Gasteiger partial charge >= 0.3 is 0 Å². The highest BCUT2D eigenvalue weighted by atomic mass is 79.9. The smallest absolute Gasteiger partial charge is 0.254 e. The third kappa shape index (κ3) is 4.86. The first-order valence-electron chi connectivity index (χ1n) is 13.7. The number of hydrogen-bond acceptors (Lipinski definition) is 7. The van der Waals surface area contributed by atoms with Crippen LogP contribution in [-0.4, -0.2) is 59.0 Å². The van der Waals surface area contributed by atoms with Crippen LogP contribution in [0.2, 0.25) is 0 Å². The Morgan fingerprint density at radius 1 is 0.929 bits per heavy atom. The van der Waals surface area contributed by atoms with Crippen LogP contribution in [0.1, 0.15) is 21.6 Å². The fourth-order valence-corrected chi connectivity index (χ4v) is 5.77. The maximum atomic E-state index is 14.0. The second-order valence-corrected chi connectivity index (χ2v) is 11.0. The minimum absolute atomic E-state index is 0.0178. The monoisotopic (exact) mass is 619 g/mol. The van der Waals surface area contributed by atoms with E-state index in [4.69, 9.17) is 14.1 Å². The van der Waals surface area contributed by atoms with Gasteiger partial charge in [0, 0.05) is 41.4 Å². The van der Waals surface area contributed by atoms with Crippen LogP contribution < -0.4 is 9.64 Å². The number of methoxy groups -OCH3 is 1. The number of fused-ring (bicyclic) bond motifs is 4. The predicted molar refractivity (Wildman–Crippen MR) is 169 cm³/mol. The Morgan fingerprint density at radius 3 is 2.55 bits per heavy atom. The summed E-state index contributed by atoms with van der Waals surface area (Å²) in [5.74, 6) is 1.54. The molecule has 3 aromatic heterocycles. The third-order valence-electron chi connectivity index (χ3n) is 7.59. The van der Waals surface area contributed by atoms with E-state index in [9.17, 15) is 4.79 Å². The number of hydrogen-bond donors (Lipinski definition) is 0. The molecule has 0 saturated carbocycles. The van der Waals surface area contributed by atoms with Crippen molar-refractivity contribution >= 4 is 72.8 Å². The highest BCUT2D eigenvalue weighted by Crippen LogP contribution is 2.33. The number of para-hydroxylation sites is 1. The van der Waals surface area contributed by atoms with Gasteiger partial charge in [-0.25, -0.2) is 15.0 Å². The van der Waals surface area contributed by atoms with Crippen LogP contribution >= 0.6 is 15.9 Å². The first-order chi connectivity index (χ1) is 20.6. The molecule has 8 nitrogen and oxygen atoms in total. The summed E-state index contributed by atoms with van der Waals surface area (Å²) in [5.41, 5.74) is 5.40. The average Bonchev–Trinajstić information content (AvgIpc) is 3.42. The molecule has 4 heterocycles. The summed E-state index contributed by atoms with van der Waals surface area (Å²) in [6, 6.07) is 23.4. The first kappa shape index (κ1) is 26.2. The molecule has 208 valence electrons. The van der Waals surface area contributed by atoms with Gasteiger partial charge in [0.25, 0.3) is 5.91 Å². The molecule has 3 aromatic carbocycles. The maximum Gasteiger partial charge on any atom is 0.254 e. The molecule has 0 spiro atoms.